The normalized spacial score (nSPS) is 24.8. The Morgan fingerprint density at radius 3 is 2.60 bits per heavy atom. The average molecular weight is 544 g/mol. The van der Waals surface area contributed by atoms with Gasteiger partial charge in [0, 0.05) is 17.0 Å². The third kappa shape index (κ3) is 4.55. The number of nitrogens with zero attached hydrogens (tertiary/aromatic N) is 1. The summed E-state index contributed by atoms with van der Waals surface area (Å²) in [6.45, 7) is 4.99. The third-order valence-corrected chi connectivity index (χ3v) is 10.0. The first-order chi connectivity index (χ1) is 19.2. The molecule has 5 nitrogen and oxygen atoms in total. The fourth-order valence-electron chi connectivity index (χ4n) is 7.72. The Morgan fingerprint density at radius 1 is 1.05 bits per heavy atom. The minimum absolute atomic E-state index is 0.109. The van der Waals surface area contributed by atoms with Crippen molar-refractivity contribution in [2.24, 2.45) is 11.3 Å². The summed E-state index contributed by atoms with van der Waals surface area (Å²) < 4.78 is 26.7. The maximum absolute atomic E-state index is 15.1. The summed E-state index contributed by atoms with van der Waals surface area (Å²) in [5, 5.41) is 9.84. The number of fused-ring (bicyclic) bond motifs is 2. The van der Waals surface area contributed by atoms with E-state index in [0.29, 0.717) is 24.0 Å². The van der Waals surface area contributed by atoms with E-state index in [1.165, 1.54) is 17.3 Å². The van der Waals surface area contributed by atoms with Crippen LogP contribution in [0.3, 0.4) is 0 Å². The summed E-state index contributed by atoms with van der Waals surface area (Å²) in [6, 6.07) is 14.1. The van der Waals surface area contributed by atoms with Gasteiger partial charge in [-0.3, -0.25) is 4.79 Å². The number of benzene rings is 2. The maximum Gasteiger partial charge on any atom is 0.307 e. The van der Waals surface area contributed by atoms with Crippen LogP contribution in [-0.4, -0.2) is 23.2 Å². The molecule has 0 bridgehead atoms. The van der Waals surface area contributed by atoms with Crippen LogP contribution in [0, 0.1) is 17.2 Å². The number of aliphatic carboxylic acids is 1. The second-order valence-electron chi connectivity index (χ2n) is 12.6. The number of pyridine rings is 1. The number of aromatic nitrogens is 1. The van der Waals surface area contributed by atoms with Crippen molar-refractivity contribution in [1.82, 2.24) is 4.98 Å². The lowest BCUT2D eigenvalue weighted by Gasteiger charge is -2.51. The van der Waals surface area contributed by atoms with E-state index >= 15 is 4.39 Å². The highest BCUT2D eigenvalue weighted by Crippen LogP contribution is 2.56. The molecule has 2 aromatic carbocycles. The van der Waals surface area contributed by atoms with Gasteiger partial charge in [-0.05, 0) is 96.2 Å². The first kappa shape index (κ1) is 26.8. The highest BCUT2D eigenvalue weighted by molar-refractivity contribution is 5.75. The van der Waals surface area contributed by atoms with Crippen molar-refractivity contribution in [2.45, 2.75) is 83.2 Å². The molecule has 3 aromatic rings. The molecule has 0 saturated heterocycles. The molecule has 210 valence electrons. The molecule has 1 heterocycles. The van der Waals surface area contributed by atoms with Crippen molar-refractivity contribution in [1.29, 1.82) is 0 Å². The molecule has 0 aliphatic heterocycles. The van der Waals surface area contributed by atoms with E-state index < -0.39 is 5.97 Å². The first-order valence-electron chi connectivity index (χ1n) is 14.5. The van der Waals surface area contributed by atoms with Crippen molar-refractivity contribution >= 4 is 5.97 Å². The van der Waals surface area contributed by atoms with Crippen molar-refractivity contribution in [2.75, 3.05) is 7.11 Å². The number of ether oxygens (including phenoxy) is 2. The van der Waals surface area contributed by atoms with Crippen molar-refractivity contribution < 1.29 is 23.8 Å². The Bertz CT molecular complexity index is 1450. The van der Waals surface area contributed by atoms with E-state index in [1.807, 2.05) is 18.2 Å². The van der Waals surface area contributed by atoms with Gasteiger partial charge in [-0.15, -0.1) is 0 Å². The maximum atomic E-state index is 15.1. The molecule has 0 amide bonds. The molecule has 0 unspecified atom stereocenters. The minimum atomic E-state index is -0.684. The fraction of sp³-hybridized carbons (Fsp3) is 0.471. The van der Waals surface area contributed by atoms with Gasteiger partial charge in [0.2, 0.25) is 5.88 Å². The Hall–Kier alpha value is -3.41. The van der Waals surface area contributed by atoms with Gasteiger partial charge in [0.1, 0.15) is 18.2 Å². The van der Waals surface area contributed by atoms with Crippen molar-refractivity contribution in [3.63, 3.8) is 0 Å². The lowest BCUT2D eigenvalue weighted by atomic mass is 9.52. The van der Waals surface area contributed by atoms with E-state index in [-0.39, 0.29) is 22.6 Å². The van der Waals surface area contributed by atoms with Gasteiger partial charge in [0.25, 0.3) is 0 Å². The molecule has 2 saturated carbocycles. The van der Waals surface area contributed by atoms with Crippen LogP contribution >= 0.6 is 0 Å². The molecule has 3 aliphatic rings. The number of methoxy groups -OCH3 is 1. The highest BCUT2D eigenvalue weighted by Gasteiger charge is 2.53. The van der Waals surface area contributed by atoms with Crippen molar-refractivity contribution in [3.8, 4) is 22.8 Å². The van der Waals surface area contributed by atoms with Crippen LogP contribution in [0.25, 0.3) is 11.1 Å². The molecular formula is C34H38FNO4. The van der Waals surface area contributed by atoms with E-state index in [9.17, 15) is 9.90 Å². The molecular weight excluding hydrogens is 505 g/mol. The molecule has 6 rings (SSSR count). The van der Waals surface area contributed by atoms with Crippen LogP contribution < -0.4 is 9.47 Å². The number of halogens is 1. The second kappa shape index (κ2) is 10.2. The number of carbonyl (C=O) groups is 1. The molecule has 40 heavy (non-hydrogen) atoms. The zero-order chi connectivity index (χ0) is 28.1. The lowest BCUT2D eigenvalue weighted by Crippen LogP contribution is -2.50. The Morgan fingerprint density at radius 2 is 1.90 bits per heavy atom. The predicted molar refractivity (Wildman–Crippen MR) is 152 cm³/mol. The number of carboxylic acid groups (broad SMARTS) is 1. The molecule has 2 fully saturated rings. The van der Waals surface area contributed by atoms with Crippen molar-refractivity contribution in [3.05, 3.63) is 76.7 Å². The average Bonchev–Trinajstić information content (AvgIpc) is 3.29. The third-order valence-electron chi connectivity index (χ3n) is 10.0. The SMILES string of the molecule is COc1cc(-c2ccc(COc3ccc4c(c3)[C@@]3(CCC4)CC[C@@H]3C(=O)O)cc2[C@@H]2CCCC2(C)C)c(F)cn1. The quantitative estimate of drug-likeness (QED) is 0.329. The van der Waals surface area contributed by atoms with Crippen LogP contribution in [0.4, 0.5) is 4.39 Å². The fourth-order valence-corrected chi connectivity index (χ4v) is 7.72. The van der Waals surface area contributed by atoms with Gasteiger partial charge >= 0.3 is 5.97 Å². The molecule has 1 N–H and O–H groups in total. The number of hydrogen-bond acceptors (Lipinski definition) is 4. The van der Waals surface area contributed by atoms with Gasteiger partial charge < -0.3 is 14.6 Å². The van der Waals surface area contributed by atoms with E-state index in [2.05, 4.69) is 37.0 Å². The Labute approximate surface area is 235 Å². The standard InChI is InChI=1S/C34H38FNO4/c1-33(2)13-5-7-27(33)25-16-21(8-11-24(25)26-18-31(39-3)36-19-30(26)35)20-40-23-10-9-22-6-4-14-34(29(22)17-23)15-12-28(34)32(37)38/h8-11,16-19,27-28H,4-7,12-15,20H2,1-3H3,(H,37,38)/t27-,28+,34-/m0/s1. The van der Waals surface area contributed by atoms with Gasteiger partial charge in [0.05, 0.1) is 19.2 Å². The van der Waals surface area contributed by atoms with Crippen LogP contribution in [0.5, 0.6) is 11.6 Å². The van der Waals surface area contributed by atoms with Gasteiger partial charge in [0.15, 0.2) is 0 Å². The van der Waals surface area contributed by atoms with Gasteiger partial charge in [-0.1, -0.05) is 44.5 Å². The molecule has 1 spiro atoms. The summed E-state index contributed by atoms with van der Waals surface area (Å²) in [6.07, 6.45) is 9.20. The van der Waals surface area contributed by atoms with E-state index in [4.69, 9.17) is 9.47 Å². The number of rotatable bonds is 7. The monoisotopic (exact) mass is 543 g/mol. The minimum Gasteiger partial charge on any atom is -0.489 e. The van der Waals surface area contributed by atoms with Crippen LogP contribution in [0.15, 0.2) is 48.7 Å². The topological polar surface area (TPSA) is 68.7 Å². The number of carboxylic acids is 1. The van der Waals surface area contributed by atoms with Crippen LogP contribution in [0.2, 0.25) is 0 Å². The highest BCUT2D eigenvalue weighted by atomic mass is 19.1. The van der Waals surface area contributed by atoms with Gasteiger partial charge in [-0.2, -0.15) is 0 Å². The van der Waals surface area contributed by atoms with E-state index in [0.717, 1.165) is 73.8 Å². The summed E-state index contributed by atoms with van der Waals surface area (Å²) in [5.74, 6) is 0.113. The zero-order valence-corrected chi connectivity index (χ0v) is 23.6. The summed E-state index contributed by atoms with van der Waals surface area (Å²) in [4.78, 5) is 16.0. The molecule has 1 aromatic heterocycles. The molecule has 3 aliphatic carbocycles. The lowest BCUT2D eigenvalue weighted by molar-refractivity contribution is -0.150. The number of hydrogen-bond donors (Lipinski definition) is 1. The smallest absolute Gasteiger partial charge is 0.307 e. The summed E-state index contributed by atoms with van der Waals surface area (Å²) in [5.41, 5.74) is 5.83. The molecule has 6 heteroatoms. The van der Waals surface area contributed by atoms with Gasteiger partial charge in [-0.25, -0.2) is 9.37 Å². The molecule has 3 atom stereocenters. The Balaban J connectivity index is 1.31. The zero-order valence-electron chi connectivity index (χ0n) is 23.6. The Kier molecular flexibility index (Phi) is 6.84. The van der Waals surface area contributed by atoms with E-state index in [1.54, 1.807) is 13.2 Å². The molecule has 0 radical (unpaired) electrons. The second-order valence-corrected chi connectivity index (χ2v) is 12.6. The predicted octanol–water partition coefficient (Wildman–Crippen LogP) is 7.84. The summed E-state index contributed by atoms with van der Waals surface area (Å²) >= 11 is 0. The number of aryl methyl sites for hydroxylation is 1. The largest absolute Gasteiger partial charge is 0.489 e. The first-order valence-corrected chi connectivity index (χ1v) is 14.5. The van der Waals surface area contributed by atoms with Crippen LogP contribution in [-0.2, 0) is 23.2 Å². The van der Waals surface area contributed by atoms with Crippen LogP contribution in [0.1, 0.15) is 87.0 Å². The summed E-state index contributed by atoms with van der Waals surface area (Å²) in [7, 11) is 1.54.